The molecule has 0 saturated carbocycles. The van der Waals surface area contributed by atoms with Gasteiger partial charge in [0, 0.05) is 27.1 Å². The van der Waals surface area contributed by atoms with E-state index in [0.717, 1.165) is 11.3 Å². The van der Waals surface area contributed by atoms with E-state index in [1.165, 1.54) is 6.20 Å². The first-order valence-corrected chi connectivity index (χ1v) is 13.0. The van der Waals surface area contributed by atoms with Crippen LogP contribution in [0.1, 0.15) is 35.8 Å². The number of allylic oxidation sites excluding steroid dienone is 1. The molecule has 1 aliphatic heterocycles. The number of rotatable bonds is 7. The number of anilines is 3. The summed E-state index contributed by atoms with van der Waals surface area (Å²) in [6.45, 7) is 4.26. The lowest BCUT2D eigenvalue weighted by atomic mass is 9.94. The zero-order valence-corrected chi connectivity index (χ0v) is 22.7. The first kappa shape index (κ1) is 26.3. The van der Waals surface area contributed by atoms with Gasteiger partial charge in [-0.15, -0.1) is 0 Å². The Balaban J connectivity index is 1.48. The van der Waals surface area contributed by atoms with E-state index < -0.39 is 6.04 Å². The lowest BCUT2D eigenvalue weighted by Gasteiger charge is -2.30. The van der Waals surface area contributed by atoms with Crippen molar-refractivity contribution in [3.63, 3.8) is 0 Å². The van der Waals surface area contributed by atoms with Crippen LogP contribution < -0.4 is 20.7 Å². The molecule has 10 heteroatoms. The maximum atomic E-state index is 13.6. The SMILES string of the molecule is CCOc1ccc(NC(=O)c2cnn3c2NC(C)=C(C(=O)Nc2ccc(Cl)cc2)[C@H]3c2ccc(Cl)cc2)cc1. The van der Waals surface area contributed by atoms with Gasteiger partial charge in [0.1, 0.15) is 23.2 Å². The fourth-order valence-electron chi connectivity index (χ4n) is 4.40. The highest BCUT2D eigenvalue weighted by atomic mass is 35.5. The van der Waals surface area contributed by atoms with Crippen molar-refractivity contribution < 1.29 is 14.3 Å². The molecule has 3 N–H and O–H groups in total. The summed E-state index contributed by atoms with van der Waals surface area (Å²) in [5.41, 5.74) is 3.36. The maximum absolute atomic E-state index is 13.6. The highest BCUT2D eigenvalue weighted by Gasteiger charge is 2.35. The highest BCUT2D eigenvalue weighted by molar-refractivity contribution is 6.31. The van der Waals surface area contributed by atoms with Crippen molar-refractivity contribution in [1.29, 1.82) is 0 Å². The summed E-state index contributed by atoms with van der Waals surface area (Å²) in [6.07, 6.45) is 1.49. The molecule has 0 aliphatic carbocycles. The Morgan fingerprint density at radius 2 is 1.46 bits per heavy atom. The minimum absolute atomic E-state index is 0.316. The molecular weight excluding hydrogens is 537 g/mol. The topological polar surface area (TPSA) is 97.3 Å². The Hall–Kier alpha value is -4.27. The smallest absolute Gasteiger partial charge is 0.261 e. The number of hydrogen-bond donors (Lipinski definition) is 3. The molecule has 0 spiro atoms. The molecule has 0 bridgehead atoms. The number of ether oxygens (including phenoxy) is 1. The van der Waals surface area contributed by atoms with Gasteiger partial charge in [-0.25, -0.2) is 4.68 Å². The Kier molecular flexibility index (Phi) is 7.58. The van der Waals surface area contributed by atoms with Crippen molar-refractivity contribution >= 4 is 52.2 Å². The predicted octanol–water partition coefficient (Wildman–Crippen LogP) is 6.77. The van der Waals surface area contributed by atoms with Gasteiger partial charge in [0.2, 0.25) is 0 Å². The molecule has 0 saturated heterocycles. The van der Waals surface area contributed by atoms with E-state index >= 15 is 0 Å². The van der Waals surface area contributed by atoms with Crippen LogP contribution in [0.15, 0.2) is 90.3 Å². The number of benzene rings is 3. The molecule has 2 heterocycles. The van der Waals surface area contributed by atoms with Gasteiger partial charge in [-0.3, -0.25) is 9.59 Å². The van der Waals surface area contributed by atoms with Crippen molar-refractivity contribution in [2.24, 2.45) is 0 Å². The summed E-state index contributed by atoms with van der Waals surface area (Å²) in [5.74, 6) is 0.531. The van der Waals surface area contributed by atoms with Gasteiger partial charge in [0.05, 0.1) is 18.4 Å². The second-order valence-corrected chi connectivity index (χ2v) is 9.71. The number of nitrogens with one attached hydrogen (secondary N) is 3. The maximum Gasteiger partial charge on any atom is 0.261 e. The number of carbonyl (C=O) groups excluding carboxylic acids is 2. The predicted molar refractivity (Wildman–Crippen MR) is 154 cm³/mol. The zero-order chi connectivity index (χ0) is 27.5. The van der Waals surface area contributed by atoms with Crippen LogP contribution in [0.2, 0.25) is 10.0 Å². The van der Waals surface area contributed by atoms with Gasteiger partial charge in [0.25, 0.3) is 11.8 Å². The normalized spacial score (nSPS) is 14.3. The lowest BCUT2D eigenvalue weighted by Crippen LogP contribution is -2.32. The molecule has 0 fully saturated rings. The van der Waals surface area contributed by atoms with E-state index in [4.69, 9.17) is 27.9 Å². The molecule has 198 valence electrons. The van der Waals surface area contributed by atoms with Gasteiger partial charge in [0.15, 0.2) is 0 Å². The van der Waals surface area contributed by atoms with Crippen LogP contribution in [0.4, 0.5) is 17.2 Å². The van der Waals surface area contributed by atoms with Gasteiger partial charge < -0.3 is 20.7 Å². The van der Waals surface area contributed by atoms with E-state index in [1.54, 1.807) is 72.3 Å². The molecule has 39 heavy (non-hydrogen) atoms. The Morgan fingerprint density at radius 3 is 2.08 bits per heavy atom. The van der Waals surface area contributed by atoms with E-state index in [-0.39, 0.29) is 11.8 Å². The van der Waals surface area contributed by atoms with Crippen molar-refractivity contribution in [2.45, 2.75) is 19.9 Å². The first-order valence-electron chi connectivity index (χ1n) is 12.3. The molecule has 3 aromatic carbocycles. The molecule has 4 aromatic rings. The second kappa shape index (κ2) is 11.2. The van der Waals surface area contributed by atoms with E-state index in [2.05, 4.69) is 21.0 Å². The van der Waals surface area contributed by atoms with Gasteiger partial charge in [-0.1, -0.05) is 35.3 Å². The molecular formula is C29H25Cl2N5O3. The Bertz CT molecular complexity index is 1550. The van der Waals surface area contributed by atoms with Crippen LogP contribution >= 0.6 is 23.2 Å². The van der Waals surface area contributed by atoms with E-state index in [0.29, 0.717) is 50.7 Å². The highest BCUT2D eigenvalue weighted by Crippen LogP contribution is 2.38. The minimum Gasteiger partial charge on any atom is -0.494 e. The molecule has 0 radical (unpaired) electrons. The molecule has 1 aromatic heterocycles. The van der Waals surface area contributed by atoms with Gasteiger partial charge >= 0.3 is 0 Å². The van der Waals surface area contributed by atoms with Crippen molar-refractivity contribution in [3.05, 3.63) is 111 Å². The summed E-state index contributed by atoms with van der Waals surface area (Å²) in [7, 11) is 0. The van der Waals surface area contributed by atoms with Crippen molar-refractivity contribution in [3.8, 4) is 5.75 Å². The average molecular weight is 562 g/mol. The third-order valence-corrected chi connectivity index (χ3v) is 6.73. The van der Waals surface area contributed by atoms with Crippen LogP contribution in [-0.4, -0.2) is 28.2 Å². The molecule has 1 atom stereocenters. The summed E-state index contributed by atoms with van der Waals surface area (Å²) in [6, 6.07) is 20.6. The van der Waals surface area contributed by atoms with Gasteiger partial charge in [-0.05, 0) is 80.1 Å². The molecule has 0 unspecified atom stereocenters. The molecule has 2 amide bonds. The number of nitrogens with zero attached hydrogens (tertiary/aromatic N) is 2. The fourth-order valence-corrected chi connectivity index (χ4v) is 4.65. The largest absolute Gasteiger partial charge is 0.494 e. The Morgan fingerprint density at radius 1 is 0.897 bits per heavy atom. The third kappa shape index (κ3) is 5.62. The van der Waals surface area contributed by atoms with E-state index in [9.17, 15) is 9.59 Å². The number of aromatic nitrogens is 2. The standard InChI is InChI=1S/C29H25Cl2N5O3/c1-3-39-23-14-12-22(13-15-23)34-28(37)24-16-32-36-26(18-4-6-19(30)7-5-18)25(17(2)33-27(24)36)29(38)35-21-10-8-20(31)9-11-21/h4-16,26,33H,3H2,1-2H3,(H,34,37)(H,35,38)/t26-/m1/s1. The van der Waals surface area contributed by atoms with Crippen LogP contribution in [0.25, 0.3) is 0 Å². The number of halogens is 2. The van der Waals surface area contributed by atoms with Crippen LogP contribution in [0.5, 0.6) is 5.75 Å². The summed E-state index contributed by atoms with van der Waals surface area (Å²) < 4.78 is 7.11. The van der Waals surface area contributed by atoms with E-state index in [1.807, 2.05) is 19.1 Å². The van der Waals surface area contributed by atoms with Crippen molar-refractivity contribution in [2.75, 3.05) is 22.6 Å². The molecule has 5 rings (SSSR count). The van der Waals surface area contributed by atoms with Crippen molar-refractivity contribution in [1.82, 2.24) is 9.78 Å². The zero-order valence-electron chi connectivity index (χ0n) is 21.2. The first-order chi connectivity index (χ1) is 18.8. The summed E-state index contributed by atoms with van der Waals surface area (Å²) in [5, 5.41) is 14.7. The van der Waals surface area contributed by atoms with Crippen LogP contribution in [0, 0.1) is 0 Å². The average Bonchev–Trinajstić information content (AvgIpc) is 3.34. The summed E-state index contributed by atoms with van der Waals surface area (Å²) in [4.78, 5) is 26.9. The molecule has 8 nitrogen and oxygen atoms in total. The second-order valence-electron chi connectivity index (χ2n) is 8.84. The monoisotopic (exact) mass is 561 g/mol. The number of hydrogen-bond acceptors (Lipinski definition) is 5. The lowest BCUT2D eigenvalue weighted by molar-refractivity contribution is -0.113. The third-order valence-electron chi connectivity index (χ3n) is 6.22. The summed E-state index contributed by atoms with van der Waals surface area (Å²) >= 11 is 12.1. The number of fused-ring (bicyclic) bond motifs is 1. The van der Waals surface area contributed by atoms with Crippen LogP contribution in [0.3, 0.4) is 0 Å². The quantitative estimate of drug-likeness (QED) is 0.231. The fraction of sp³-hybridized carbons (Fsp3) is 0.138. The van der Waals surface area contributed by atoms with Crippen LogP contribution in [-0.2, 0) is 4.79 Å². The number of amides is 2. The van der Waals surface area contributed by atoms with Gasteiger partial charge in [-0.2, -0.15) is 5.10 Å². The number of carbonyl (C=O) groups is 2. The minimum atomic E-state index is -0.613. The molecule has 1 aliphatic rings. The Labute approximate surface area is 235 Å².